The molecule has 6 heteroatoms. The number of aliphatic carboxylic acids is 1. The summed E-state index contributed by atoms with van der Waals surface area (Å²) >= 11 is 0. The van der Waals surface area contributed by atoms with Crippen molar-refractivity contribution in [3.63, 3.8) is 0 Å². The molecule has 1 aromatic carbocycles. The quantitative estimate of drug-likeness (QED) is 0.777. The maximum atomic E-state index is 11.9. The van der Waals surface area contributed by atoms with Gasteiger partial charge in [0, 0.05) is 12.8 Å². The van der Waals surface area contributed by atoms with Gasteiger partial charge in [0.15, 0.2) is 6.10 Å². The van der Waals surface area contributed by atoms with Crippen LogP contribution in [0.4, 0.5) is 10.5 Å². The molecule has 0 fully saturated rings. The van der Waals surface area contributed by atoms with Gasteiger partial charge in [-0.25, -0.2) is 9.59 Å². The third-order valence-corrected chi connectivity index (χ3v) is 2.99. The predicted molar refractivity (Wildman–Crippen MR) is 80.6 cm³/mol. The molecule has 2 amide bonds. The molecule has 0 saturated carbocycles. The van der Waals surface area contributed by atoms with Crippen molar-refractivity contribution in [1.29, 1.82) is 0 Å². The number of carbonyl (C=O) groups excluding carboxylic acids is 1. The summed E-state index contributed by atoms with van der Waals surface area (Å²) in [6.07, 6.45) is -1.06. The highest BCUT2D eigenvalue weighted by molar-refractivity contribution is 5.90. The van der Waals surface area contributed by atoms with Crippen LogP contribution in [0.15, 0.2) is 24.3 Å². The highest BCUT2D eigenvalue weighted by Crippen LogP contribution is 2.29. The number of methoxy groups -OCH3 is 1. The number of amides is 2. The smallest absolute Gasteiger partial charge is 0.334 e. The summed E-state index contributed by atoms with van der Waals surface area (Å²) in [5.41, 5.74) is 1.59. The Morgan fingerprint density at radius 2 is 1.90 bits per heavy atom. The standard InChI is InChI=1S/C15H22N2O4/c1-15(2,3)10-7-5-6-8-11(10)17-14(20)16-9-12(21-4)13(18)19/h5-8,12H,9H2,1-4H3,(H,18,19)(H2,16,17,20). The number of para-hydroxylation sites is 1. The van der Waals surface area contributed by atoms with Gasteiger partial charge in [-0.3, -0.25) is 0 Å². The summed E-state index contributed by atoms with van der Waals surface area (Å²) in [6, 6.07) is 7.04. The van der Waals surface area contributed by atoms with Crippen molar-refractivity contribution in [2.45, 2.75) is 32.3 Å². The zero-order valence-corrected chi connectivity index (χ0v) is 12.8. The number of hydrogen-bond acceptors (Lipinski definition) is 3. The third-order valence-electron chi connectivity index (χ3n) is 2.99. The van der Waals surface area contributed by atoms with Gasteiger partial charge in [-0.1, -0.05) is 39.0 Å². The molecule has 6 nitrogen and oxygen atoms in total. The van der Waals surface area contributed by atoms with Gasteiger partial charge in [-0.15, -0.1) is 0 Å². The van der Waals surface area contributed by atoms with E-state index in [4.69, 9.17) is 9.84 Å². The van der Waals surface area contributed by atoms with E-state index in [1.54, 1.807) is 0 Å². The van der Waals surface area contributed by atoms with Crippen LogP contribution in [0.1, 0.15) is 26.3 Å². The Kier molecular flexibility index (Phi) is 5.72. The fraction of sp³-hybridized carbons (Fsp3) is 0.467. The van der Waals surface area contributed by atoms with Crippen molar-refractivity contribution in [2.75, 3.05) is 19.0 Å². The van der Waals surface area contributed by atoms with Gasteiger partial charge in [0.1, 0.15) is 0 Å². The SMILES string of the molecule is COC(CNC(=O)Nc1ccccc1C(C)(C)C)C(=O)O. The highest BCUT2D eigenvalue weighted by Gasteiger charge is 2.20. The van der Waals surface area contributed by atoms with Gasteiger partial charge in [0.2, 0.25) is 0 Å². The van der Waals surface area contributed by atoms with Gasteiger partial charge in [-0.2, -0.15) is 0 Å². The Balaban J connectivity index is 2.70. The maximum absolute atomic E-state index is 11.9. The fourth-order valence-corrected chi connectivity index (χ4v) is 1.87. The molecular formula is C15H22N2O4. The normalized spacial score (nSPS) is 12.6. The molecule has 0 bridgehead atoms. The number of nitrogens with one attached hydrogen (secondary N) is 2. The molecule has 0 aliphatic carbocycles. The van der Waals surface area contributed by atoms with Crippen molar-refractivity contribution in [3.8, 4) is 0 Å². The van der Waals surface area contributed by atoms with Crippen LogP contribution in [-0.2, 0) is 14.9 Å². The van der Waals surface area contributed by atoms with E-state index >= 15 is 0 Å². The molecule has 21 heavy (non-hydrogen) atoms. The van der Waals surface area contributed by atoms with Crippen molar-refractivity contribution >= 4 is 17.7 Å². The van der Waals surface area contributed by atoms with Gasteiger partial charge < -0.3 is 20.5 Å². The van der Waals surface area contributed by atoms with Crippen molar-refractivity contribution < 1.29 is 19.4 Å². The second-order valence-electron chi connectivity index (χ2n) is 5.69. The lowest BCUT2D eigenvalue weighted by Crippen LogP contribution is -2.40. The van der Waals surface area contributed by atoms with Crippen LogP contribution in [0.5, 0.6) is 0 Å². The summed E-state index contributed by atoms with van der Waals surface area (Å²) < 4.78 is 4.75. The van der Waals surface area contributed by atoms with Crippen molar-refractivity contribution in [2.24, 2.45) is 0 Å². The number of ether oxygens (including phenoxy) is 1. The lowest BCUT2D eigenvalue weighted by molar-refractivity contribution is -0.147. The molecular weight excluding hydrogens is 272 g/mol. The zero-order chi connectivity index (χ0) is 16.0. The molecule has 0 aromatic heterocycles. The van der Waals surface area contributed by atoms with Crippen LogP contribution in [-0.4, -0.2) is 36.9 Å². The Hall–Kier alpha value is -2.08. The van der Waals surface area contributed by atoms with E-state index < -0.39 is 18.1 Å². The molecule has 0 spiro atoms. The molecule has 1 aromatic rings. The van der Waals surface area contributed by atoms with Crippen LogP contribution in [0.3, 0.4) is 0 Å². The number of rotatable bonds is 5. The predicted octanol–water partition coefficient (Wildman–Crippen LogP) is 2.21. The fourth-order valence-electron chi connectivity index (χ4n) is 1.87. The topological polar surface area (TPSA) is 87.7 Å². The third kappa shape index (κ3) is 5.07. The average molecular weight is 294 g/mol. The van der Waals surface area contributed by atoms with E-state index in [0.29, 0.717) is 5.69 Å². The van der Waals surface area contributed by atoms with Crippen molar-refractivity contribution in [1.82, 2.24) is 5.32 Å². The van der Waals surface area contributed by atoms with Crippen LogP contribution in [0.2, 0.25) is 0 Å². The second kappa shape index (κ2) is 7.08. The Morgan fingerprint density at radius 3 is 2.43 bits per heavy atom. The molecule has 116 valence electrons. The largest absolute Gasteiger partial charge is 0.479 e. The van der Waals surface area contributed by atoms with E-state index in [1.807, 2.05) is 24.3 Å². The minimum Gasteiger partial charge on any atom is -0.479 e. The number of hydrogen-bond donors (Lipinski definition) is 3. The second-order valence-corrected chi connectivity index (χ2v) is 5.69. The molecule has 0 aliphatic rings. The first kappa shape index (κ1) is 17.0. The van der Waals surface area contributed by atoms with E-state index in [-0.39, 0.29) is 12.0 Å². The average Bonchev–Trinajstić information content (AvgIpc) is 2.38. The summed E-state index contributed by atoms with van der Waals surface area (Å²) in [6.45, 7) is 6.06. The molecule has 0 saturated heterocycles. The minimum atomic E-state index is -1.12. The monoisotopic (exact) mass is 294 g/mol. The summed E-state index contributed by atoms with van der Waals surface area (Å²) in [5.74, 6) is -1.12. The van der Waals surface area contributed by atoms with E-state index in [2.05, 4.69) is 31.4 Å². The van der Waals surface area contributed by atoms with Crippen LogP contribution in [0.25, 0.3) is 0 Å². The molecule has 1 unspecified atom stereocenters. The van der Waals surface area contributed by atoms with Gasteiger partial charge in [0.25, 0.3) is 0 Å². The number of anilines is 1. The number of carbonyl (C=O) groups is 2. The van der Waals surface area contributed by atoms with Crippen molar-refractivity contribution in [3.05, 3.63) is 29.8 Å². The maximum Gasteiger partial charge on any atom is 0.334 e. The first-order valence-corrected chi connectivity index (χ1v) is 6.65. The van der Waals surface area contributed by atoms with E-state index in [0.717, 1.165) is 5.56 Å². The molecule has 0 heterocycles. The van der Waals surface area contributed by atoms with Gasteiger partial charge in [0.05, 0.1) is 6.54 Å². The van der Waals surface area contributed by atoms with E-state index in [1.165, 1.54) is 7.11 Å². The highest BCUT2D eigenvalue weighted by atomic mass is 16.5. The summed E-state index contributed by atoms with van der Waals surface area (Å²) in [4.78, 5) is 22.7. The Bertz CT molecular complexity index is 509. The number of carboxylic acids is 1. The number of urea groups is 1. The van der Waals surface area contributed by atoms with Crippen LogP contribution >= 0.6 is 0 Å². The minimum absolute atomic E-state index is 0.102. The summed E-state index contributed by atoms with van der Waals surface area (Å²) in [7, 11) is 1.28. The Morgan fingerprint density at radius 1 is 1.29 bits per heavy atom. The number of benzene rings is 1. The molecule has 0 radical (unpaired) electrons. The Labute approximate surface area is 124 Å². The zero-order valence-electron chi connectivity index (χ0n) is 12.8. The summed E-state index contributed by atoms with van der Waals surface area (Å²) in [5, 5.41) is 14.1. The van der Waals surface area contributed by atoms with E-state index in [9.17, 15) is 9.59 Å². The molecule has 3 N–H and O–H groups in total. The molecule has 1 atom stereocenters. The van der Waals surface area contributed by atoms with Gasteiger partial charge >= 0.3 is 12.0 Å². The molecule has 1 rings (SSSR count). The lowest BCUT2D eigenvalue weighted by Gasteiger charge is -2.23. The first-order chi connectivity index (χ1) is 9.75. The van der Waals surface area contributed by atoms with Crippen LogP contribution < -0.4 is 10.6 Å². The molecule has 0 aliphatic heterocycles. The van der Waals surface area contributed by atoms with Crippen LogP contribution in [0, 0.1) is 0 Å². The lowest BCUT2D eigenvalue weighted by atomic mass is 9.86. The number of carboxylic acid groups (broad SMARTS) is 1. The first-order valence-electron chi connectivity index (χ1n) is 6.65. The van der Waals surface area contributed by atoms with Gasteiger partial charge in [-0.05, 0) is 17.0 Å².